The molecule has 0 saturated heterocycles. The zero-order chi connectivity index (χ0) is 16.1. The fourth-order valence-electron chi connectivity index (χ4n) is 2.57. The van der Waals surface area contributed by atoms with E-state index in [0.29, 0.717) is 0 Å². The van der Waals surface area contributed by atoms with Crippen molar-refractivity contribution < 1.29 is 4.74 Å². The number of hydrazone groups is 1. The predicted octanol–water partition coefficient (Wildman–Crippen LogP) is 4.31. The summed E-state index contributed by atoms with van der Waals surface area (Å²) in [6.45, 7) is 0.772. The highest BCUT2D eigenvalue weighted by atomic mass is 16.5. The van der Waals surface area contributed by atoms with Gasteiger partial charge in [0.1, 0.15) is 5.75 Å². The van der Waals surface area contributed by atoms with Crippen LogP contribution in [-0.2, 0) is 6.54 Å². The average molecular weight is 304 g/mol. The largest absolute Gasteiger partial charge is 0.497 e. The molecular formula is C20H20N2O. The minimum absolute atomic E-state index is 0.772. The molecule has 0 amide bonds. The first-order chi connectivity index (χ1) is 11.3. The second-order valence-electron chi connectivity index (χ2n) is 5.47. The molecule has 3 nitrogen and oxygen atoms in total. The molecule has 0 aliphatic carbocycles. The predicted molar refractivity (Wildman–Crippen MR) is 96.0 cm³/mol. The molecule has 0 atom stereocenters. The third-order valence-corrected chi connectivity index (χ3v) is 3.80. The summed E-state index contributed by atoms with van der Waals surface area (Å²) in [6, 6.07) is 22.7. The van der Waals surface area contributed by atoms with Gasteiger partial charge in [0.05, 0.1) is 19.9 Å². The fraction of sp³-hybridized carbons (Fsp3) is 0.150. The lowest BCUT2D eigenvalue weighted by Gasteiger charge is -2.14. The molecule has 3 aromatic rings. The Bertz CT molecular complexity index is 804. The van der Waals surface area contributed by atoms with Gasteiger partial charge in [-0.2, -0.15) is 5.10 Å². The highest BCUT2D eigenvalue weighted by molar-refractivity contribution is 5.85. The topological polar surface area (TPSA) is 24.8 Å². The smallest absolute Gasteiger partial charge is 0.118 e. The van der Waals surface area contributed by atoms with E-state index in [1.807, 2.05) is 42.5 Å². The lowest BCUT2D eigenvalue weighted by atomic mass is 10.0. The van der Waals surface area contributed by atoms with Crippen molar-refractivity contribution in [1.29, 1.82) is 0 Å². The monoisotopic (exact) mass is 304 g/mol. The Labute approximate surface area is 136 Å². The summed E-state index contributed by atoms with van der Waals surface area (Å²) >= 11 is 0. The van der Waals surface area contributed by atoms with Crippen LogP contribution >= 0.6 is 0 Å². The molecule has 0 aliphatic rings. The number of methoxy groups -OCH3 is 1. The number of hydrogen-bond acceptors (Lipinski definition) is 3. The molecule has 0 saturated carbocycles. The molecule has 0 spiro atoms. The molecule has 0 fully saturated rings. The molecule has 0 radical (unpaired) electrons. The van der Waals surface area contributed by atoms with Crippen molar-refractivity contribution in [3.05, 3.63) is 77.9 Å². The van der Waals surface area contributed by atoms with Gasteiger partial charge in [-0.05, 0) is 46.2 Å². The number of ether oxygens (including phenoxy) is 1. The van der Waals surface area contributed by atoms with Gasteiger partial charge in [0.25, 0.3) is 0 Å². The van der Waals surface area contributed by atoms with Gasteiger partial charge in [-0.1, -0.05) is 42.5 Å². The molecule has 0 N–H and O–H groups in total. The maximum Gasteiger partial charge on any atom is 0.118 e. The standard InChI is InChI=1S/C20H20N2O/c1-22(21-14-16-10-12-19(23-2)13-11-16)15-18-8-5-7-17-6-3-4-9-20(17)18/h3-14H,15H2,1-2H3/b21-14-. The van der Waals surface area contributed by atoms with Gasteiger partial charge >= 0.3 is 0 Å². The SMILES string of the molecule is COc1ccc(/C=N\N(C)Cc2cccc3ccccc23)cc1. The second kappa shape index (κ2) is 6.97. The van der Waals surface area contributed by atoms with Crippen molar-refractivity contribution in [2.45, 2.75) is 6.54 Å². The second-order valence-corrected chi connectivity index (χ2v) is 5.47. The van der Waals surface area contributed by atoms with Gasteiger partial charge < -0.3 is 4.74 Å². The van der Waals surface area contributed by atoms with Crippen LogP contribution in [0.25, 0.3) is 10.8 Å². The van der Waals surface area contributed by atoms with E-state index in [4.69, 9.17) is 4.74 Å². The third-order valence-electron chi connectivity index (χ3n) is 3.80. The van der Waals surface area contributed by atoms with E-state index in [1.165, 1.54) is 16.3 Å². The Hall–Kier alpha value is -2.81. The van der Waals surface area contributed by atoms with Crippen LogP contribution in [0.1, 0.15) is 11.1 Å². The molecule has 3 heteroatoms. The van der Waals surface area contributed by atoms with E-state index in [9.17, 15) is 0 Å². The van der Waals surface area contributed by atoms with E-state index >= 15 is 0 Å². The lowest BCUT2D eigenvalue weighted by Crippen LogP contribution is -2.11. The quantitative estimate of drug-likeness (QED) is 0.518. The van der Waals surface area contributed by atoms with Gasteiger partial charge in [-0.15, -0.1) is 0 Å². The van der Waals surface area contributed by atoms with Gasteiger partial charge in [0.15, 0.2) is 0 Å². The normalized spacial score (nSPS) is 11.0. The Kier molecular flexibility index (Phi) is 4.57. The van der Waals surface area contributed by atoms with Crippen LogP contribution in [0, 0.1) is 0 Å². The van der Waals surface area contributed by atoms with Gasteiger partial charge in [-0.25, -0.2) is 0 Å². The first kappa shape index (κ1) is 15.1. The molecule has 3 aromatic carbocycles. The Balaban J connectivity index is 1.72. The minimum Gasteiger partial charge on any atom is -0.497 e. The van der Waals surface area contributed by atoms with Gasteiger partial charge in [0.2, 0.25) is 0 Å². The van der Waals surface area contributed by atoms with Crippen LogP contribution in [0.4, 0.5) is 0 Å². The fourth-order valence-corrected chi connectivity index (χ4v) is 2.57. The van der Waals surface area contributed by atoms with E-state index in [2.05, 4.69) is 47.6 Å². The van der Waals surface area contributed by atoms with Crippen LogP contribution in [0.5, 0.6) is 5.75 Å². The van der Waals surface area contributed by atoms with Crippen LogP contribution in [0.15, 0.2) is 71.8 Å². The molecule has 0 aromatic heterocycles. The molecule has 0 aliphatic heterocycles. The van der Waals surface area contributed by atoms with Crippen LogP contribution in [-0.4, -0.2) is 25.4 Å². The lowest BCUT2D eigenvalue weighted by molar-refractivity contribution is 0.350. The van der Waals surface area contributed by atoms with E-state index in [-0.39, 0.29) is 0 Å². The van der Waals surface area contributed by atoms with Crippen molar-refractivity contribution in [2.75, 3.05) is 14.2 Å². The maximum absolute atomic E-state index is 5.16. The minimum atomic E-state index is 0.772. The molecule has 3 rings (SSSR count). The van der Waals surface area contributed by atoms with Gasteiger partial charge in [0, 0.05) is 7.05 Å². The molecule has 116 valence electrons. The van der Waals surface area contributed by atoms with Crippen molar-refractivity contribution in [2.24, 2.45) is 5.10 Å². The number of benzene rings is 3. The third kappa shape index (κ3) is 3.69. The van der Waals surface area contributed by atoms with E-state index < -0.39 is 0 Å². The Morgan fingerprint density at radius 1 is 0.957 bits per heavy atom. The molecule has 0 bridgehead atoms. The summed E-state index contributed by atoms with van der Waals surface area (Å²) in [7, 11) is 3.66. The number of fused-ring (bicyclic) bond motifs is 1. The average Bonchev–Trinajstić information content (AvgIpc) is 2.61. The number of nitrogens with zero attached hydrogens (tertiary/aromatic N) is 2. The summed E-state index contributed by atoms with van der Waals surface area (Å²) in [5, 5.41) is 9.01. The highest BCUT2D eigenvalue weighted by Gasteiger charge is 2.02. The molecule has 23 heavy (non-hydrogen) atoms. The summed E-state index contributed by atoms with van der Waals surface area (Å²) < 4.78 is 5.16. The van der Waals surface area contributed by atoms with Crippen LogP contribution in [0.2, 0.25) is 0 Å². The van der Waals surface area contributed by atoms with Crippen molar-refractivity contribution in [3.8, 4) is 5.75 Å². The zero-order valence-corrected chi connectivity index (χ0v) is 13.4. The maximum atomic E-state index is 5.16. The van der Waals surface area contributed by atoms with Crippen molar-refractivity contribution in [3.63, 3.8) is 0 Å². The Morgan fingerprint density at radius 2 is 1.70 bits per heavy atom. The Morgan fingerprint density at radius 3 is 2.48 bits per heavy atom. The van der Waals surface area contributed by atoms with Crippen molar-refractivity contribution in [1.82, 2.24) is 5.01 Å². The first-order valence-electron chi connectivity index (χ1n) is 7.62. The molecular weight excluding hydrogens is 284 g/mol. The molecule has 0 unspecified atom stereocenters. The van der Waals surface area contributed by atoms with Crippen LogP contribution < -0.4 is 4.74 Å². The summed E-state index contributed by atoms with van der Waals surface area (Å²) in [6.07, 6.45) is 1.87. The summed E-state index contributed by atoms with van der Waals surface area (Å²) in [4.78, 5) is 0. The highest BCUT2D eigenvalue weighted by Crippen LogP contribution is 2.19. The van der Waals surface area contributed by atoms with Crippen LogP contribution in [0.3, 0.4) is 0 Å². The van der Waals surface area contributed by atoms with Crippen molar-refractivity contribution >= 4 is 17.0 Å². The van der Waals surface area contributed by atoms with E-state index in [1.54, 1.807) is 7.11 Å². The summed E-state index contributed by atoms with van der Waals surface area (Å²) in [5.74, 6) is 0.853. The number of rotatable bonds is 5. The first-order valence-corrected chi connectivity index (χ1v) is 7.62. The number of hydrogen-bond donors (Lipinski definition) is 0. The zero-order valence-electron chi connectivity index (χ0n) is 13.4. The van der Waals surface area contributed by atoms with E-state index in [0.717, 1.165) is 17.9 Å². The summed E-state index contributed by atoms with van der Waals surface area (Å²) in [5.41, 5.74) is 2.33. The van der Waals surface area contributed by atoms with Gasteiger partial charge in [-0.3, -0.25) is 5.01 Å². The molecule has 0 heterocycles.